The molecule has 28 heavy (non-hydrogen) atoms. The lowest BCUT2D eigenvalue weighted by atomic mass is 10.1. The van der Waals surface area contributed by atoms with Crippen LogP contribution in [0.15, 0.2) is 18.2 Å². The molecule has 148 valence electrons. The van der Waals surface area contributed by atoms with Crippen LogP contribution in [0.1, 0.15) is 44.8 Å². The summed E-state index contributed by atoms with van der Waals surface area (Å²) in [6.45, 7) is 7.20. The van der Waals surface area contributed by atoms with Crippen molar-refractivity contribution in [1.29, 1.82) is 0 Å². The first kappa shape index (κ1) is 20.1. The van der Waals surface area contributed by atoms with Gasteiger partial charge in [0.15, 0.2) is 6.61 Å². The smallest absolute Gasteiger partial charge is 0.341 e. The van der Waals surface area contributed by atoms with E-state index in [0.717, 1.165) is 34.4 Å². The molecule has 0 aliphatic heterocycles. The first-order chi connectivity index (χ1) is 13.2. The molecule has 1 aliphatic carbocycles. The van der Waals surface area contributed by atoms with Gasteiger partial charge in [-0.3, -0.25) is 9.59 Å². The summed E-state index contributed by atoms with van der Waals surface area (Å²) in [7, 11) is 0. The predicted molar refractivity (Wildman–Crippen MR) is 110 cm³/mol. The van der Waals surface area contributed by atoms with Gasteiger partial charge in [-0.1, -0.05) is 6.07 Å². The fourth-order valence-corrected chi connectivity index (χ4v) is 4.02. The Morgan fingerprint density at radius 1 is 1.04 bits per heavy atom. The van der Waals surface area contributed by atoms with Gasteiger partial charge < -0.3 is 15.4 Å². The topological polar surface area (TPSA) is 84.5 Å². The summed E-state index contributed by atoms with van der Waals surface area (Å²) in [4.78, 5) is 37.8. The van der Waals surface area contributed by atoms with Crippen LogP contribution in [0.2, 0.25) is 0 Å². The summed E-state index contributed by atoms with van der Waals surface area (Å²) >= 11 is 1.35. The van der Waals surface area contributed by atoms with Gasteiger partial charge >= 0.3 is 5.97 Å². The molecule has 1 heterocycles. The standard InChI is InChI=1S/C21H24N2O4S/c1-11-7-12(2)9-16(8-11)22-17(24)10-27-21(26)18-13(3)14(4)28-20(18)23-19(25)15-5-6-15/h7-9,15H,5-6,10H2,1-4H3,(H,22,24)(H,23,25). The molecule has 6 nitrogen and oxygen atoms in total. The van der Waals surface area contributed by atoms with Crippen LogP contribution in [-0.4, -0.2) is 24.4 Å². The Hall–Kier alpha value is -2.67. The van der Waals surface area contributed by atoms with Crippen molar-refractivity contribution in [3.63, 3.8) is 0 Å². The van der Waals surface area contributed by atoms with Crippen molar-refractivity contribution in [2.75, 3.05) is 17.2 Å². The molecule has 1 aliphatic rings. The van der Waals surface area contributed by atoms with E-state index in [1.165, 1.54) is 11.3 Å². The molecule has 1 aromatic heterocycles. The highest BCUT2D eigenvalue weighted by Crippen LogP contribution is 2.36. The van der Waals surface area contributed by atoms with E-state index >= 15 is 0 Å². The van der Waals surface area contributed by atoms with E-state index in [1.807, 2.05) is 45.9 Å². The number of ether oxygens (including phenoxy) is 1. The van der Waals surface area contributed by atoms with Crippen molar-refractivity contribution in [3.8, 4) is 0 Å². The summed E-state index contributed by atoms with van der Waals surface area (Å²) < 4.78 is 5.22. The fourth-order valence-electron chi connectivity index (χ4n) is 2.97. The van der Waals surface area contributed by atoms with Crippen LogP contribution in [0, 0.1) is 33.6 Å². The van der Waals surface area contributed by atoms with E-state index < -0.39 is 18.5 Å². The monoisotopic (exact) mass is 400 g/mol. The normalized spacial score (nSPS) is 13.1. The van der Waals surface area contributed by atoms with Crippen molar-refractivity contribution in [2.24, 2.45) is 5.92 Å². The van der Waals surface area contributed by atoms with Gasteiger partial charge in [0.2, 0.25) is 5.91 Å². The number of anilines is 2. The van der Waals surface area contributed by atoms with E-state index in [1.54, 1.807) is 0 Å². The minimum Gasteiger partial charge on any atom is -0.452 e. The Morgan fingerprint density at radius 3 is 2.29 bits per heavy atom. The number of nitrogens with one attached hydrogen (secondary N) is 2. The van der Waals surface area contributed by atoms with Gasteiger partial charge in [0.1, 0.15) is 5.00 Å². The number of aryl methyl sites for hydroxylation is 3. The third-order valence-electron chi connectivity index (χ3n) is 4.61. The molecule has 0 saturated heterocycles. The number of amides is 2. The van der Waals surface area contributed by atoms with E-state index in [4.69, 9.17) is 4.74 Å². The zero-order chi connectivity index (χ0) is 20.4. The number of hydrogen-bond donors (Lipinski definition) is 2. The van der Waals surface area contributed by atoms with E-state index in [0.29, 0.717) is 16.3 Å². The summed E-state index contributed by atoms with van der Waals surface area (Å²) in [6, 6.07) is 5.71. The summed E-state index contributed by atoms with van der Waals surface area (Å²) in [5, 5.41) is 6.06. The molecular formula is C21H24N2O4S. The van der Waals surface area contributed by atoms with Crippen LogP contribution < -0.4 is 10.6 Å². The second-order valence-electron chi connectivity index (χ2n) is 7.25. The number of rotatable bonds is 6. The van der Waals surface area contributed by atoms with Crippen LogP contribution in [0.3, 0.4) is 0 Å². The lowest BCUT2D eigenvalue weighted by molar-refractivity contribution is -0.119. The molecule has 0 atom stereocenters. The molecular weight excluding hydrogens is 376 g/mol. The van der Waals surface area contributed by atoms with Crippen molar-refractivity contribution >= 4 is 39.8 Å². The third-order valence-corrected chi connectivity index (χ3v) is 5.74. The second kappa shape index (κ2) is 8.14. The van der Waals surface area contributed by atoms with E-state index in [2.05, 4.69) is 10.6 Å². The lowest BCUT2D eigenvalue weighted by Crippen LogP contribution is -2.22. The van der Waals surface area contributed by atoms with Crippen molar-refractivity contribution in [1.82, 2.24) is 0 Å². The van der Waals surface area contributed by atoms with Crippen LogP contribution in [0.25, 0.3) is 0 Å². The molecule has 0 radical (unpaired) electrons. The van der Waals surface area contributed by atoms with Gasteiger partial charge in [-0.15, -0.1) is 11.3 Å². The first-order valence-electron chi connectivity index (χ1n) is 9.20. The highest BCUT2D eigenvalue weighted by Gasteiger charge is 2.31. The minimum atomic E-state index is -0.608. The Bertz CT molecular complexity index is 924. The SMILES string of the molecule is Cc1cc(C)cc(NC(=O)COC(=O)c2c(NC(=O)C3CC3)sc(C)c2C)c1. The Morgan fingerprint density at radius 2 is 1.68 bits per heavy atom. The van der Waals surface area contributed by atoms with Crippen LogP contribution in [0.4, 0.5) is 10.7 Å². The van der Waals surface area contributed by atoms with Crippen molar-refractivity contribution in [2.45, 2.75) is 40.5 Å². The largest absolute Gasteiger partial charge is 0.452 e. The van der Waals surface area contributed by atoms with E-state index in [9.17, 15) is 14.4 Å². The number of esters is 1. The molecule has 2 N–H and O–H groups in total. The van der Waals surface area contributed by atoms with Crippen LogP contribution >= 0.6 is 11.3 Å². The van der Waals surface area contributed by atoms with Crippen molar-refractivity contribution in [3.05, 3.63) is 45.3 Å². The molecule has 3 rings (SSSR count). The molecule has 7 heteroatoms. The molecule has 1 saturated carbocycles. The molecule has 0 spiro atoms. The highest BCUT2D eigenvalue weighted by molar-refractivity contribution is 7.16. The number of hydrogen-bond acceptors (Lipinski definition) is 5. The van der Waals surface area contributed by atoms with Crippen LogP contribution in [0.5, 0.6) is 0 Å². The Balaban J connectivity index is 1.64. The average molecular weight is 401 g/mol. The summed E-state index contributed by atoms with van der Waals surface area (Å²) in [6.07, 6.45) is 1.76. The van der Waals surface area contributed by atoms with E-state index in [-0.39, 0.29) is 11.8 Å². The second-order valence-corrected chi connectivity index (χ2v) is 8.48. The molecule has 1 aromatic carbocycles. The van der Waals surface area contributed by atoms with Crippen molar-refractivity contribution < 1.29 is 19.1 Å². The fraction of sp³-hybridized carbons (Fsp3) is 0.381. The quantitative estimate of drug-likeness (QED) is 0.714. The van der Waals surface area contributed by atoms with Gasteiger partial charge in [0.25, 0.3) is 5.91 Å². The third kappa shape index (κ3) is 4.78. The zero-order valence-corrected chi connectivity index (χ0v) is 17.3. The molecule has 1 fully saturated rings. The van der Waals surface area contributed by atoms with Gasteiger partial charge in [-0.05, 0) is 69.4 Å². The maximum Gasteiger partial charge on any atom is 0.341 e. The molecule has 0 bridgehead atoms. The molecule has 2 amide bonds. The Labute approximate surface area is 168 Å². The lowest BCUT2D eigenvalue weighted by Gasteiger charge is -2.10. The Kier molecular flexibility index (Phi) is 5.84. The van der Waals surface area contributed by atoms with Gasteiger partial charge in [-0.25, -0.2) is 4.79 Å². The zero-order valence-electron chi connectivity index (χ0n) is 16.5. The van der Waals surface area contributed by atoms with Gasteiger partial charge in [-0.2, -0.15) is 0 Å². The minimum absolute atomic E-state index is 0.0372. The predicted octanol–water partition coefficient (Wildman–Crippen LogP) is 4.13. The summed E-state index contributed by atoms with van der Waals surface area (Å²) in [5.74, 6) is -1.05. The molecule has 2 aromatic rings. The maximum absolute atomic E-state index is 12.6. The summed E-state index contributed by atoms with van der Waals surface area (Å²) in [5.41, 5.74) is 3.82. The highest BCUT2D eigenvalue weighted by atomic mass is 32.1. The number of carbonyl (C=O) groups excluding carboxylic acids is 3. The van der Waals surface area contributed by atoms with Gasteiger partial charge in [0.05, 0.1) is 5.56 Å². The van der Waals surface area contributed by atoms with Crippen LogP contribution in [-0.2, 0) is 14.3 Å². The number of benzene rings is 1. The first-order valence-corrected chi connectivity index (χ1v) is 10.0. The van der Waals surface area contributed by atoms with Gasteiger partial charge in [0, 0.05) is 16.5 Å². The maximum atomic E-state index is 12.6. The number of thiophene rings is 1. The molecule has 0 unspecified atom stereocenters. The average Bonchev–Trinajstić information content (AvgIpc) is 3.40. The number of carbonyl (C=O) groups is 3.